The summed E-state index contributed by atoms with van der Waals surface area (Å²) in [4.78, 5) is 35.9. The van der Waals surface area contributed by atoms with Gasteiger partial charge in [0.2, 0.25) is 5.91 Å². The Morgan fingerprint density at radius 3 is 2.20 bits per heavy atom. The minimum atomic E-state index is -0.863. The molecular formula is C18H26N2O5. The predicted molar refractivity (Wildman–Crippen MR) is 92.9 cm³/mol. The molecule has 0 spiro atoms. The molecule has 2 N–H and O–H groups in total. The van der Waals surface area contributed by atoms with Crippen molar-refractivity contribution < 1.29 is 23.9 Å². The molecule has 0 saturated carbocycles. The lowest BCUT2D eigenvalue weighted by Gasteiger charge is -2.23. The van der Waals surface area contributed by atoms with E-state index >= 15 is 0 Å². The van der Waals surface area contributed by atoms with Crippen molar-refractivity contribution in [1.29, 1.82) is 0 Å². The monoisotopic (exact) mass is 350 g/mol. The number of hydrogen-bond donors (Lipinski definition) is 2. The lowest BCUT2D eigenvalue weighted by atomic mass is 10.1. The molecule has 7 heteroatoms. The van der Waals surface area contributed by atoms with Gasteiger partial charge in [-0.3, -0.25) is 4.79 Å². The number of carbonyl (C=O) groups excluding carboxylic acids is 3. The predicted octanol–water partition coefficient (Wildman–Crippen LogP) is 1.80. The summed E-state index contributed by atoms with van der Waals surface area (Å²) in [5, 5.41) is 5.04. The average molecular weight is 350 g/mol. The minimum Gasteiger partial charge on any atom is -0.467 e. The van der Waals surface area contributed by atoms with E-state index in [1.54, 1.807) is 20.8 Å². The number of benzene rings is 1. The maximum Gasteiger partial charge on any atom is 0.408 e. The van der Waals surface area contributed by atoms with Crippen molar-refractivity contribution in [3.05, 3.63) is 35.9 Å². The van der Waals surface area contributed by atoms with E-state index in [0.29, 0.717) is 6.42 Å². The summed E-state index contributed by atoms with van der Waals surface area (Å²) < 4.78 is 9.85. The fourth-order valence-corrected chi connectivity index (χ4v) is 2.03. The third-order valence-electron chi connectivity index (χ3n) is 3.21. The summed E-state index contributed by atoms with van der Waals surface area (Å²) in [6.45, 7) is 6.69. The van der Waals surface area contributed by atoms with E-state index in [2.05, 4.69) is 10.6 Å². The molecule has 1 aromatic carbocycles. The van der Waals surface area contributed by atoms with Crippen LogP contribution < -0.4 is 10.6 Å². The van der Waals surface area contributed by atoms with E-state index in [4.69, 9.17) is 9.47 Å². The molecule has 138 valence electrons. The van der Waals surface area contributed by atoms with Gasteiger partial charge in [-0.05, 0) is 33.3 Å². The second-order valence-corrected chi connectivity index (χ2v) is 6.64. The third kappa shape index (κ3) is 7.69. The number of rotatable bonds is 6. The van der Waals surface area contributed by atoms with Crippen molar-refractivity contribution in [3.8, 4) is 0 Å². The Hall–Kier alpha value is -2.57. The number of nitrogens with one attached hydrogen (secondary N) is 2. The van der Waals surface area contributed by atoms with Gasteiger partial charge in [-0.25, -0.2) is 9.59 Å². The summed E-state index contributed by atoms with van der Waals surface area (Å²) in [7, 11) is 1.26. The first kappa shape index (κ1) is 20.5. The molecule has 1 rings (SSSR count). The standard InChI is InChI=1S/C18H26N2O5/c1-12(19-17(23)25-18(2,3)4)15(21)20-14(16(22)24-5)11-13-9-7-6-8-10-13/h6-10,12,14H,11H2,1-5H3,(H,19,23)(H,20,21)/t12-,14-/m1/s1. The molecule has 2 amide bonds. The molecule has 7 nitrogen and oxygen atoms in total. The van der Waals surface area contributed by atoms with Crippen LogP contribution in [0, 0.1) is 0 Å². The van der Waals surface area contributed by atoms with Crippen LogP contribution in [-0.2, 0) is 25.5 Å². The molecule has 0 saturated heterocycles. The number of hydrogen-bond acceptors (Lipinski definition) is 5. The van der Waals surface area contributed by atoms with Gasteiger partial charge in [-0.1, -0.05) is 30.3 Å². The van der Waals surface area contributed by atoms with Crippen LogP contribution in [0.2, 0.25) is 0 Å². The lowest BCUT2D eigenvalue weighted by molar-refractivity contribution is -0.145. The molecule has 2 atom stereocenters. The highest BCUT2D eigenvalue weighted by Crippen LogP contribution is 2.07. The first-order valence-corrected chi connectivity index (χ1v) is 8.04. The van der Waals surface area contributed by atoms with Crippen molar-refractivity contribution in [3.63, 3.8) is 0 Å². The van der Waals surface area contributed by atoms with E-state index in [1.165, 1.54) is 14.0 Å². The molecule has 0 aliphatic carbocycles. The number of methoxy groups -OCH3 is 1. The topological polar surface area (TPSA) is 93.7 Å². The van der Waals surface area contributed by atoms with Gasteiger partial charge in [-0.15, -0.1) is 0 Å². The van der Waals surface area contributed by atoms with E-state index in [-0.39, 0.29) is 0 Å². The van der Waals surface area contributed by atoms with Gasteiger partial charge in [0.1, 0.15) is 17.7 Å². The Bertz CT molecular complexity index is 595. The van der Waals surface area contributed by atoms with E-state index in [1.807, 2.05) is 30.3 Å². The van der Waals surface area contributed by atoms with Gasteiger partial charge in [0.05, 0.1) is 7.11 Å². The van der Waals surface area contributed by atoms with Crippen LogP contribution in [0.25, 0.3) is 0 Å². The smallest absolute Gasteiger partial charge is 0.408 e. The second kappa shape index (κ2) is 9.05. The van der Waals surface area contributed by atoms with Crippen LogP contribution in [0.15, 0.2) is 30.3 Å². The molecule has 0 fully saturated rings. The maximum absolute atomic E-state index is 12.3. The fourth-order valence-electron chi connectivity index (χ4n) is 2.03. The zero-order valence-electron chi connectivity index (χ0n) is 15.3. The average Bonchev–Trinajstić information content (AvgIpc) is 2.52. The van der Waals surface area contributed by atoms with Gasteiger partial charge in [0.15, 0.2) is 0 Å². The lowest BCUT2D eigenvalue weighted by Crippen LogP contribution is -2.51. The molecular weight excluding hydrogens is 324 g/mol. The van der Waals surface area contributed by atoms with Gasteiger partial charge >= 0.3 is 12.1 Å². The van der Waals surface area contributed by atoms with E-state index < -0.39 is 35.7 Å². The number of alkyl carbamates (subject to hydrolysis) is 1. The zero-order valence-corrected chi connectivity index (χ0v) is 15.3. The Labute approximate surface area is 148 Å². The molecule has 0 aromatic heterocycles. The molecule has 0 unspecified atom stereocenters. The summed E-state index contributed by atoms with van der Waals surface area (Å²) >= 11 is 0. The molecule has 1 aromatic rings. The quantitative estimate of drug-likeness (QED) is 0.763. The minimum absolute atomic E-state index is 0.290. The van der Waals surface area contributed by atoms with E-state index in [0.717, 1.165) is 5.56 Å². The van der Waals surface area contributed by atoms with Crippen molar-refractivity contribution in [2.45, 2.75) is 51.8 Å². The zero-order chi connectivity index (χ0) is 19.0. The Morgan fingerprint density at radius 2 is 1.68 bits per heavy atom. The largest absolute Gasteiger partial charge is 0.467 e. The van der Waals surface area contributed by atoms with Crippen molar-refractivity contribution >= 4 is 18.0 Å². The van der Waals surface area contributed by atoms with Crippen molar-refractivity contribution in [1.82, 2.24) is 10.6 Å². The molecule has 0 bridgehead atoms. The Balaban J connectivity index is 2.68. The molecule has 0 heterocycles. The van der Waals surface area contributed by atoms with Gasteiger partial charge in [0, 0.05) is 6.42 Å². The van der Waals surface area contributed by atoms with Gasteiger partial charge in [0.25, 0.3) is 0 Å². The number of ether oxygens (including phenoxy) is 2. The summed E-state index contributed by atoms with van der Waals surface area (Å²) in [5.41, 5.74) is 0.216. The molecule has 25 heavy (non-hydrogen) atoms. The number of carbonyl (C=O) groups is 3. The van der Waals surface area contributed by atoms with Crippen LogP contribution >= 0.6 is 0 Å². The molecule has 0 aliphatic heterocycles. The van der Waals surface area contributed by atoms with Crippen molar-refractivity contribution in [2.24, 2.45) is 0 Å². The Kier molecular flexibility index (Phi) is 7.42. The van der Waals surface area contributed by atoms with Crippen LogP contribution in [0.1, 0.15) is 33.3 Å². The highest BCUT2D eigenvalue weighted by Gasteiger charge is 2.26. The van der Waals surface area contributed by atoms with Crippen LogP contribution in [0.4, 0.5) is 4.79 Å². The summed E-state index contributed by atoms with van der Waals surface area (Å²) in [5.74, 6) is -1.06. The van der Waals surface area contributed by atoms with Gasteiger partial charge in [-0.2, -0.15) is 0 Å². The van der Waals surface area contributed by atoms with Crippen molar-refractivity contribution in [2.75, 3.05) is 7.11 Å². The molecule has 0 radical (unpaired) electrons. The summed E-state index contributed by atoms with van der Waals surface area (Å²) in [6.07, 6.45) is -0.411. The third-order valence-corrected chi connectivity index (χ3v) is 3.21. The van der Waals surface area contributed by atoms with E-state index in [9.17, 15) is 14.4 Å². The Morgan fingerprint density at radius 1 is 1.08 bits per heavy atom. The van der Waals surface area contributed by atoms with Crippen LogP contribution in [-0.4, -0.2) is 42.8 Å². The highest BCUT2D eigenvalue weighted by atomic mass is 16.6. The highest BCUT2D eigenvalue weighted by molar-refractivity contribution is 5.89. The first-order chi connectivity index (χ1) is 11.6. The normalized spacial score (nSPS) is 13.3. The van der Waals surface area contributed by atoms with Crippen LogP contribution in [0.5, 0.6) is 0 Å². The first-order valence-electron chi connectivity index (χ1n) is 8.04. The number of esters is 1. The number of amides is 2. The molecule has 0 aliphatic rings. The maximum atomic E-state index is 12.3. The van der Waals surface area contributed by atoms with Crippen LogP contribution in [0.3, 0.4) is 0 Å². The summed E-state index contributed by atoms with van der Waals surface area (Å²) in [6, 6.07) is 7.55. The SMILES string of the molecule is COC(=O)[C@@H](Cc1ccccc1)NC(=O)[C@@H](C)NC(=O)OC(C)(C)C. The second-order valence-electron chi connectivity index (χ2n) is 6.64. The fraction of sp³-hybridized carbons (Fsp3) is 0.500. The van der Waals surface area contributed by atoms with Gasteiger partial charge < -0.3 is 20.1 Å².